The molecule has 1 aliphatic rings. The number of guanidine groups is 1. The van der Waals surface area contributed by atoms with Crippen molar-refractivity contribution in [1.29, 1.82) is 5.26 Å². The number of hydrogen-bond acceptors (Lipinski definition) is 7. The Kier molecular flexibility index (Phi) is 4.63. The average molecular weight is 356 g/mol. The van der Waals surface area contributed by atoms with Crippen molar-refractivity contribution in [2.45, 2.75) is 38.6 Å². The minimum absolute atomic E-state index is 0.00615. The van der Waals surface area contributed by atoms with Crippen LogP contribution in [0, 0.1) is 18.3 Å². The SMILES string of the molecule is CCOC(=O)N1C(NC(C)C)=NS(=O)(=O)c2c1sc(C)c2C#N. The van der Waals surface area contributed by atoms with E-state index < -0.39 is 16.1 Å². The predicted molar refractivity (Wildman–Crippen MR) is 86.2 cm³/mol. The molecule has 0 saturated carbocycles. The summed E-state index contributed by atoms with van der Waals surface area (Å²) in [6.45, 7) is 6.97. The number of nitrogens with zero attached hydrogens (tertiary/aromatic N) is 3. The van der Waals surface area contributed by atoms with Crippen molar-refractivity contribution in [3.8, 4) is 6.07 Å². The van der Waals surface area contributed by atoms with Gasteiger partial charge in [-0.15, -0.1) is 15.7 Å². The zero-order valence-electron chi connectivity index (χ0n) is 13.1. The van der Waals surface area contributed by atoms with Crippen LogP contribution in [0.15, 0.2) is 9.29 Å². The number of fused-ring (bicyclic) bond motifs is 1. The summed E-state index contributed by atoms with van der Waals surface area (Å²) >= 11 is 1.04. The lowest BCUT2D eigenvalue weighted by Crippen LogP contribution is -2.49. The van der Waals surface area contributed by atoms with Crippen LogP contribution in [0.3, 0.4) is 0 Å². The Hall–Kier alpha value is -2.12. The number of anilines is 1. The number of nitriles is 1. The lowest BCUT2D eigenvalue weighted by atomic mass is 10.3. The first kappa shape index (κ1) is 17.2. The standard InChI is InChI=1S/C13H16N4O4S2/c1-5-21-13(18)17-11-10(9(6-14)8(4)22-11)23(19,20)16-12(17)15-7(2)3/h7H,5H2,1-4H3,(H,15,16). The quantitative estimate of drug-likeness (QED) is 0.867. The van der Waals surface area contributed by atoms with E-state index in [0.717, 1.165) is 16.2 Å². The number of amides is 1. The second kappa shape index (κ2) is 6.17. The molecule has 8 nitrogen and oxygen atoms in total. The highest BCUT2D eigenvalue weighted by atomic mass is 32.2. The van der Waals surface area contributed by atoms with Gasteiger partial charge in [-0.3, -0.25) is 0 Å². The Labute approximate surface area is 138 Å². The van der Waals surface area contributed by atoms with E-state index in [1.54, 1.807) is 27.7 Å². The second-order valence-corrected chi connectivity index (χ2v) is 7.75. The summed E-state index contributed by atoms with van der Waals surface area (Å²) in [4.78, 5) is 13.6. The maximum absolute atomic E-state index is 12.4. The van der Waals surface area contributed by atoms with Gasteiger partial charge >= 0.3 is 6.09 Å². The number of carbonyl (C=O) groups is 1. The van der Waals surface area contributed by atoms with E-state index in [0.29, 0.717) is 4.88 Å². The van der Waals surface area contributed by atoms with Gasteiger partial charge < -0.3 is 10.1 Å². The fraction of sp³-hybridized carbons (Fsp3) is 0.462. The van der Waals surface area contributed by atoms with E-state index in [-0.39, 0.29) is 34.1 Å². The molecule has 0 radical (unpaired) electrons. The zero-order chi connectivity index (χ0) is 17.4. The Balaban J connectivity index is 2.71. The summed E-state index contributed by atoms with van der Waals surface area (Å²) in [5.41, 5.74) is 0.00615. The highest BCUT2D eigenvalue weighted by Gasteiger charge is 2.40. The van der Waals surface area contributed by atoms with Gasteiger partial charge in [-0.2, -0.15) is 13.7 Å². The first-order valence-corrected chi connectivity index (χ1v) is 9.10. The molecule has 2 rings (SSSR count). The number of rotatable bonds is 2. The third kappa shape index (κ3) is 3.02. The molecule has 1 aromatic rings. The number of aryl methyl sites for hydroxylation is 1. The Morgan fingerprint density at radius 3 is 2.70 bits per heavy atom. The molecule has 0 aromatic carbocycles. The summed E-state index contributed by atoms with van der Waals surface area (Å²) in [6, 6.07) is 1.72. The number of sulfonamides is 1. The van der Waals surface area contributed by atoms with Crippen molar-refractivity contribution in [3.63, 3.8) is 0 Å². The summed E-state index contributed by atoms with van der Waals surface area (Å²) in [6.07, 6.45) is -0.749. The van der Waals surface area contributed by atoms with Crippen molar-refractivity contribution >= 4 is 38.4 Å². The summed E-state index contributed by atoms with van der Waals surface area (Å²) in [5.74, 6) is -0.128. The fourth-order valence-electron chi connectivity index (χ4n) is 2.03. The van der Waals surface area contributed by atoms with E-state index in [4.69, 9.17) is 4.74 Å². The number of ether oxygens (including phenoxy) is 1. The molecule has 0 spiro atoms. The third-order valence-corrected chi connectivity index (χ3v) is 5.43. The molecule has 124 valence electrons. The first-order chi connectivity index (χ1) is 10.7. The van der Waals surface area contributed by atoms with Crippen molar-refractivity contribution in [1.82, 2.24) is 5.32 Å². The lowest BCUT2D eigenvalue weighted by Gasteiger charge is -2.27. The zero-order valence-corrected chi connectivity index (χ0v) is 14.7. The van der Waals surface area contributed by atoms with E-state index in [9.17, 15) is 18.5 Å². The van der Waals surface area contributed by atoms with Gasteiger partial charge in [0, 0.05) is 10.9 Å². The highest BCUT2D eigenvalue weighted by Crippen LogP contribution is 2.42. The second-order valence-electron chi connectivity index (χ2n) is 5.00. The van der Waals surface area contributed by atoms with Gasteiger partial charge in [-0.25, -0.2) is 9.69 Å². The summed E-state index contributed by atoms with van der Waals surface area (Å²) < 4.78 is 33.5. The first-order valence-electron chi connectivity index (χ1n) is 6.84. The van der Waals surface area contributed by atoms with Crippen LogP contribution in [-0.4, -0.2) is 33.1 Å². The molecule has 10 heteroatoms. The van der Waals surface area contributed by atoms with Gasteiger partial charge in [0.25, 0.3) is 10.0 Å². The molecular formula is C13H16N4O4S2. The fourth-order valence-corrected chi connectivity index (χ4v) is 4.74. The smallest absolute Gasteiger partial charge is 0.422 e. The molecule has 1 aliphatic heterocycles. The molecule has 2 heterocycles. The lowest BCUT2D eigenvalue weighted by molar-refractivity contribution is 0.163. The molecule has 0 fully saturated rings. The van der Waals surface area contributed by atoms with Crippen LogP contribution in [0.4, 0.5) is 9.80 Å². The minimum Gasteiger partial charge on any atom is -0.449 e. The number of carbonyl (C=O) groups excluding carboxylic acids is 1. The van der Waals surface area contributed by atoms with Crippen LogP contribution < -0.4 is 10.2 Å². The topological polar surface area (TPSA) is 112 Å². The maximum Gasteiger partial charge on any atom is 0.422 e. The Morgan fingerprint density at radius 2 is 2.17 bits per heavy atom. The molecule has 1 amide bonds. The van der Waals surface area contributed by atoms with Crippen molar-refractivity contribution in [2.75, 3.05) is 11.5 Å². The van der Waals surface area contributed by atoms with Gasteiger partial charge in [0.2, 0.25) is 5.96 Å². The van der Waals surface area contributed by atoms with E-state index in [1.165, 1.54) is 0 Å². The van der Waals surface area contributed by atoms with Crippen LogP contribution in [0.5, 0.6) is 0 Å². The van der Waals surface area contributed by atoms with E-state index in [1.807, 2.05) is 6.07 Å². The molecule has 0 aliphatic carbocycles. The number of thiophene rings is 1. The molecule has 0 bridgehead atoms. The van der Waals surface area contributed by atoms with Crippen LogP contribution >= 0.6 is 11.3 Å². The molecule has 1 N–H and O–H groups in total. The summed E-state index contributed by atoms with van der Waals surface area (Å²) in [5, 5.41) is 12.2. The number of hydrogen-bond donors (Lipinski definition) is 1. The van der Waals surface area contributed by atoms with Crippen molar-refractivity contribution in [3.05, 3.63) is 10.4 Å². The molecule has 0 unspecified atom stereocenters. The van der Waals surface area contributed by atoms with Crippen LogP contribution in [0.1, 0.15) is 31.2 Å². The predicted octanol–water partition coefficient (Wildman–Crippen LogP) is 1.95. The van der Waals surface area contributed by atoms with Gasteiger partial charge in [0.05, 0.1) is 12.2 Å². The average Bonchev–Trinajstić information content (AvgIpc) is 2.74. The van der Waals surface area contributed by atoms with Gasteiger partial charge in [0.1, 0.15) is 16.0 Å². The number of nitrogens with one attached hydrogen (secondary N) is 1. The highest BCUT2D eigenvalue weighted by molar-refractivity contribution is 7.90. The van der Waals surface area contributed by atoms with Gasteiger partial charge in [0.15, 0.2) is 0 Å². The molecule has 0 saturated heterocycles. The van der Waals surface area contributed by atoms with Gasteiger partial charge in [-0.05, 0) is 27.7 Å². The maximum atomic E-state index is 12.4. The van der Waals surface area contributed by atoms with Crippen LogP contribution in [0.25, 0.3) is 0 Å². The van der Waals surface area contributed by atoms with E-state index in [2.05, 4.69) is 9.71 Å². The normalized spacial score (nSPS) is 15.7. The monoisotopic (exact) mass is 356 g/mol. The van der Waals surface area contributed by atoms with Crippen molar-refractivity contribution < 1.29 is 17.9 Å². The van der Waals surface area contributed by atoms with E-state index >= 15 is 0 Å². The van der Waals surface area contributed by atoms with Crippen molar-refractivity contribution in [2.24, 2.45) is 4.40 Å². The van der Waals surface area contributed by atoms with Gasteiger partial charge in [-0.1, -0.05) is 0 Å². The van der Waals surface area contributed by atoms with Crippen LogP contribution in [-0.2, 0) is 14.8 Å². The minimum atomic E-state index is -4.08. The van der Waals surface area contributed by atoms with Crippen LogP contribution in [0.2, 0.25) is 0 Å². The molecule has 23 heavy (non-hydrogen) atoms. The summed E-state index contributed by atoms with van der Waals surface area (Å²) in [7, 11) is -4.08. The Morgan fingerprint density at radius 1 is 1.52 bits per heavy atom. The molecule has 0 atom stereocenters. The molecule has 1 aromatic heterocycles. The molecular weight excluding hydrogens is 340 g/mol. The Bertz CT molecular complexity index is 818. The third-order valence-electron chi connectivity index (χ3n) is 2.88. The largest absolute Gasteiger partial charge is 0.449 e.